The first kappa shape index (κ1) is 18.7. The molecular formula is C19H25N3O3S. The molecule has 0 aliphatic carbocycles. The third-order valence-corrected chi connectivity index (χ3v) is 5.20. The number of fused-ring (bicyclic) bond motifs is 1. The molecule has 2 heterocycles. The average molecular weight is 375 g/mol. The van der Waals surface area contributed by atoms with Gasteiger partial charge in [0.25, 0.3) is 5.91 Å². The number of carbonyl (C=O) groups is 1. The lowest BCUT2D eigenvalue weighted by molar-refractivity contribution is 0.0729. The Balaban J connectivity index is 1.79. The number of carbonyl (C=O) groups excluding carboxylic acids is 1. The normalized spacial score (nSPS) is 13.4. The van der Waals surface area contributed by atoms with Gasteiger partial charge < -0.3 is 20.1 Å². The van der Waals surface area contributed by atoms with Crippen LogP contribution in [0.4, 0.5) is 0 Å². The van der Waals surface area contributed by atoms with Crippen LogP contribution in [0, 0.1) is 0 Å². The van der Waals surface area contributed by atoms with Gasteiger partial charge >= 0.3 is 0 Å². The highest BCUT2D eigenvalue weighted by atomic mass is 32.1. The Morgan fingerprint density at radius 2 is 1.92 bits per heavy atom. The molecule has 0 spiro atoms. The summed E-state index contributed by atoms with van der Waals surface area (Å²) in [5.74, 6) is 1.49. The molecule has 6 nitrogen and oxygen atoms in total. The zero-order valence-corrected chi connectivity index (χ0v) is 16.1. The van der Waals surface area contributed by atoms with Crippen LogP contribution in [-0.2, 0) is 19.4 Å². The van der Waals surface area contributed by atoms with Gasteiger partial charge in [0.2, 0.25) is 0 Å². The molecule has 7 heteroatoms. The molecule has 0 radical (unpaired) electrons. The van der Waals surface area contributed by atoms with Gasteiger partial charge in [0.05, 0.1) is 18.2 Å². The molecule has 2 N–H and O–H groups in total. The molecular weight excluding hydrogens is 350 g/mol. The first-order valence-corrected chi connectivity index (χ1v) is 9.89. The maximum Gasteiger partial charge on any atom is 0.273 e. The van der Waals surface area contributed by atoms with E-state index in [4.69, 9.17) is 15.2 Å². The van der Waals surface area contributed by atoms with E-state index in [1.165, 1.54) is 16.9 Å². The quantitative estimate of drug-likeness (QED) is 0.805. The van der Waals surface area contributed by atoms with Crippen molar-refractivity contribution in [2.45, 2.75) is 33.2 Å². The Morgan fingerprint density at radius 1 is 1.23 bits per heavy atom. The molecule has 1 aliphatic rings. The SMILES string of the molecule is CCOc1cc2c(cc1OCC)CN(C(=O)c1csc(CCN)n1)CC2. The molecule has 140 valence electrons. The maximum absolute atomic E-state index is 12.8. The van der Waals surface area contributed by atoms with Crippen molar-refractivity contribution in [2.24, 2.45) is 5.73 Å². The molecule has 2 aromatic rings. The van der Waals surface area contributed by atoms with E-state index in [0.29, 0.717) is 45.0 Å². The molecule has 1 aliphatic heterocycles. The van der Waals surface area contributed by atoms with Crippen molar-refractivity contribution in [3.8, 4) is 11.5 Å². The molecule has 26 heavy (non-hydrogen) atoms. The van der Waals surface area contributed by atoms with Crippen molar-refractivity contribution in [2.75, 3.05) is 26.3 Å². The molecule has 1 aromatic heterocycles. The highest BCUT2D eigenvalue weighted by Gasteiger charge is 2.25. The van der Waals surface area contributed by atoms with Crippen molar-refractivity contribution >= 4 is 17.2 Å². The molecule has 1 aromatic carbocycles. The molecule has 0 saturated heterocycles. The number of amides is 1. The molecule has 0 saturated carbocycles. The summed E-state index contributed by atoms with van der Waals surface area (Å²) in [7, 11) is 0. The van der Waals surface area contributed by atoms with E-state index in [9.17, 15) is 4.79 Å². The van der Waals surface area contributed by atoms with E-state index in [1.807, 2.05) is 36.3 Å². The number of nitrogens with two attached hydrogens (primary N) is 1. The zero-order chi connectivity index (χ0) is 18.5. The lowest BCUT2D eigenvalue weighted by atomic mass is 9.98. The van der Waals surface area contributed by atoms with E-state index >= 15 is 0 Å². The summed E-state index contributed by atoms with van der Waals surface area (Å²) in [6.45, 7) is 6.86. The van der Waals surface area contributed by atoms with Crippen molar-refractivity contribution in [3.63, 3.8) is 0 Å². The summed E-state index contributed by atoms with van der Waals surface area (Å²) in [5.41, 5.74) is 8.39. The summed E-state index contributed by atoms with van der Waals surface area (Å²) < 4.78 is 11.4. The number of hydrogen-bond acceptors (Lipinski definition) is 6. The molecule has 0 unspecified atom stereocenters. The highest BCUT2D eigenvalue weighted by molar-refractivity contribution is 7.09. The van der Waals surface area contributed by atoms with Crippen LogP contribution in [0.3, 0.4) is 0 Å². The first-order valence-electron chi connectivity index (χ1n) is 9.01. The fourth-order valence-corrected chi connectivity index (χ4v) is 3.87. The number of thiazole rings is 1. The summed E-state index contributed by atoms with van der Waals surface area (Å²) in [5, 5.41) is 2.74. The van der Waals surface area contributed by atoms with Gasteiger partial charge in [-0.2, -0.15) is 0 Å². The van der Waals surface area contributed by atoms with Gasteiger partial charge in [0, 0.05) is 24.9 Å². The van der Waals surface area contributed by atoms with Crippen LogP contribution in [0.5, 0.6) is 11.5 Å². The molecule has 0 bridgehead atoms. The monoisotopic (exact) mass is 375 g/mol. The number of rotatable bonds is 7. The predicted octanol–water partition coefficient (Wildman–Crippen LogP) is 2.64. The number of ether oxygens (including phenoxy) is 2. The Kier molecular flexibility index (Phi) is 6.11. The average Bonchev–Trinajstić information content (AvgIpc) is 3.10. The highest BCUT2D eigenvalue weighted by Crippen LogP contribution is 2.34. The largest absolute Gasteiger partial charge is 0.490 e. The first-order chi connectivity index (χ1) is 12.7. The fraction of sp³-hybridized carbons (Fsp3) is 0.474. The predicted molar refractivity (Wildman–Crippen MR) is 102 cm³/mol. The number of aromatic nitrogens is 1. The van der Waals surface area contributed by atoms with Crippen LogP contribution in [0.1, 0.15) is 40.5 Å². The lowest BCUT2D eigenvalue weighted by Crippen LogP contribution is -2.36. The van der Waals surface area contributed by atoms with E-state index < -0.39 is 0 Å². The summed E-state index contributed by atoms with van der Waals surface area (Å²) in [6.07, 6.45) is 1.51. The minimum absolute atomic E-state index is 0.0259. The van der Waals surface area contributed by atoms with Gasteiger partial charge in [0.15, 0.2) is 11.5 Å². The lowest BCUT2D eigenvalue weighted by Gasteiger charge is -2.29. The number of nitrogens with zero attached hydrogens (tertiary/aromatic N) is 2. The standard InChI is InChI=1S/C19H25N3O3S/c1-3-24-16-9-13-6-8-22(11-14(13)10-17(16)25-4-2)19(23)15-12-26-18(21-15)5-7-20/h9-10,12H,3-8,11,20H2,1-2H3. The third-order valence-electron chi connectivity index (χ3n) is 4.29. The van der Waals surface area contributed by atoms with Crippen LogP contribution in [-0.4, -0.2) is 42.1 Å². The van der Waals surface area contributed by atoms with Crippen LogP contribution in [0.15, 0.2) is 17.5 Å². The topological polar surface area (TPSA) is 77.7 Å². The summed E-state index contributed by atoms with van der Waals surface area (Å²) in [6, 6.07) is 4.05. The van der Waals surface area contributed by atoms with Crippen molar-refractivity contribution in [1.82, 2.24) is 9.88 Å². The van der Waals surface area contributed by atoms with Gasteiger partial charge in [-0.3, -0.25) is 4.79 Å². The molecule has 0 atom stereocenters. The van der Waals surface area contributed by atoms with Crippen LogP contribution in [0.2, 0.25) is 0 Å². The number of benzene rings is 1. The second kappa shape index (κ2) is 8.51. The maximum atomic E-state index is 12.8. The molecule has 3 rings (SSSR count). The smallest absolute Gasteiger partial charge is 0.273 e. The van der Waals surface area contributed by atoms with Gasteiger partial charge in [-0.25, -0.2) is 4.98 Å². The van der Waals surface area contributed by atoms with Crippen LogP contribution < -0.4 is 15.2 Å². The fourth-order valence-electron chi connectivity index (χ4n) is 3.08. The summed E-state index contributed by atoms with van der Waals surface area (Å²) in [4.78, 5) is 19.1. The van der Waals surface area contributed by atoms with Gasteiger partial charge in [-0.05, 0) is 50.1 Å². The Morgan fingerprint density at radius 3 is 2.58 bits per heavy atom. The molecule has 0 fully saturated rings. The second-order valence-electron chi connectivity index (χ2n) is 6.08. The minimum atomic E-state index is -0.0259. The van der Waals surface area contributed by atoms with E-state index in [0.717, 1.165) is 28.5 Å². The van der Waals surface area contributed by atoms with Crippen molar-refractivity contribution < 1.29 is 14.3 Å². The van der Waals surface area contributed by atoms with Gasteiger partial charge in [-0.1, -0.05) is 0 Å². The minimum Gasteiger partial charge on any atom is -0.490 e. The Labute approximate surface area is 157 Å². The van der Waals surface area contributed by atoms with E-state index in [1.54, 1.807) is 0 Å². The van der Waals surface area contributed by atoms with Gasteiger partial charge in [-0.15, -0.1) is 11.3 Å². The second-order valence-corrected chi connectivity index (χ2v) is 7.02. The van der Waals surface area contributed by atoms with E-state index in [-0.39, 0.29) is 5.91 Å². The zero-order valence-electron chi connectivity index (χ0n) is 15.3. The Bertz CT molecular complexity index is 775. The van der Waals surface area contributed by atoms with Gasteiger partial charge in [0.1, 0.15) is 5.69 Å². The third kappa shape index (κ3) is 3.99. The summed E-state index contributed by atoms with van der Waals surface area (Å²) >= 11 is 1.49. The van der Waals surface area contributed by atoms with Crippen LogP contribution >= 0.6 is 11.3 Å². The van der Waals surface area contributed by atoms with Crippen molar-refractivity contribution in [1.29, 1.82) is 0 Å². The van der Waals surface area contributed by atoms with Crippen LogP contribution in [0.25, 0.3) is 0 Å². The van der Waals surface area contributed by atoms with Crippen molar-refractivity contribution in [3.05, 3.63) is 39.3 Å². The Hall–Kier alpha value is -2.12. The molecule has 1 amide bonds. The van der Waals surface area contributed by atoms with E-state index in [2.05, 4.69) is 4.98 Å². The number of hydrogen-bond donors (Lipinski definition) is 1.